The number of aliphatic hydroxyl groups is 1. The monoisotopic (exact) mass is 320 g/mol. The second-order valence-electron chi connectivity index (χ2n) is 6.37. The minimum atomic E-state index is -0.612. The Morgan fingerprint density at radius 3 is 2.96 bits per heavy atom. The number of piperidine rings is 1. The van der Waals surface area contributed by atoms with Gasteiger partial charge in [0.1, 0.15) is 5.82 Å². The Morgan fingerprint density at radius 1 is 1.43 bits per heavy atom. The van der Waals surface area contributed by atoms with E-state index in [0.717, 1.165) is 19.3 Å². The number of nitrogens with zero attached hydrogens (tertiary/aromatic N) is 1. The first kappa shape index (κ1) is 15.9. The number of carbonyl (C=O) groups excluding carboxylic acids is 2. The zero-order valence-corrected chi connectivity index (χ0v) is 13.1. The van der Waals surface area contributed by atoms with Crippen molar-refractivity contribution < 1.29 is 19.1 Å². The number of amides is 2. The average molecular weight is 320 g/mol. The van der Waals surface area contributed by atoms with Gasteiger partial charge in [0.2, 0.25) is 11.8 Å². The molecule has 1 aromatic carbocycles. The third-order valence-corrected chi connectivity index (χ3v) is 4.74. The van der Waals surface area contributed by atoms with Crippen LogP contribution in [0.2, 0.25) is 0 Å². The molecule has 3 unspecified atom stereocenters. The van der Waals surface area contributed by atoms with Crippen molar-refractivity contribution in [2.45, 2.75) is 50.7 Å². The number of aliphatic hydroxyl groups excluding tert-OH is 1. The Morgan fingerprint density at radius 2 is 2.22 bits per heavy atom. The van der Waals surface area contributed by atoms with Crippen LogP contribution in [0.4, 0.5) is 10.1 Å². The second kappa shape index (κ2) is 6.28. The standard InChI is InChI=1S/C17H21FN2O3/c1-10(21)15-4-2-3-7-20(15)17(23)13-9-16(22)19-14-8-11(18)5-6-12(13)14/h5-6,8,10,13,15,21H,2-4,7,9H2,1H3,(H,19,22). The SMILES string of the molecule is CC(O)C1CCCCN1C(=O)C1CC(=O)Nc2cc(F)ccc21. The molecule has 124 valence electrons. The predicted octanol–water partition coefficient (Wildman–Crippen LogP) is 2.01. The summed E-state index contributed by atoms with van der Waals surface area (Å²) < 4.78 is 13.4. The van der Waals surface area contributed by atoms with Gasteiger partial charge in [0.05, 0.1) is 18.1 Å². The average Bonchev–Trinajstić information content (AvgIpc) is 2.52. The molecule has 2 aliphatic rings. The number of nitrogens with one attached hydrogen (secondary N) is 1. The highest BCUT2D eigenvalue weighted by Gasteiger charge is 2.38. The van der Waals surface area contributed by atoms with Gasteiger partial charge >= 0.3 is 0 Å². The van der Waals surface area contributed by atoms with Gasteiger partial charge in [-0.1, -0.05) is 6.07 Å². The molecule has 2 amide bonds. The topological polar surface area (TPSA) is 69.6 Å². The van der Waals surface area contributed by atoms with E-state index >= 15 is 0 Å². The Hall–Kier alpha value is -1.95. The smallest absolute Gasteiger partial charge is 0.231 e. The van der Waals surface area contributed by atoms with E-state index in [1.807, 2.05) is 0 Å². The van der Waals surface area contributed by atoms with E-state index in [-0.39, 0.29) is 24.3 Å². The molecule has 6 heteroatoms. The van der Waals surface area contributed by atoms with Crippen molar-refractivity contribution >= 4 is 17.5 Å². The normalized spacial score (nSPS) is 25.5. The van der Waals surface area contributed by atoms with Gasteiger partial charge in [-0.25, -0.2) is 4.39 Å². The minimum Gasteiger partial charge on any atom is -0.391 e. The maximum Gasteiger partial charge on any atom is 0.231 e. The number of anilines is 1. The predicted molar refractivity (Wildman–Crippen MR) is 83.4 cm³/mol. The highest BCUT2D eigenvalue weighted by Crippen LogP contribution is 2.35. The number of halogens is 1. The summed E-state index contributed by atoms with van der Waals surface area (Å²) in [7, 11) is 0. The van der Waals surface area contributed by atoms with Crippen LogP contribution in [-0.2, 0) is 9.59 Å². The van der Waals surface area contributed by atoms with E-state index in [0.29, 0.717) is 17.8 Å². The zero-order chi connectivity index (χ0) is 16.6. The molecule has 0 saturated carbocycles. The van der Waals surface area contributed by atoms with Gasteiger partial charge in [0.15, 0.2) is 0 Å². The summed E-state index contributed by atoms with van der Waals surface area (Å²) in [5, 5.41) is 12.6. The van der Waals surface area contributed by atoms with Gasteiger partial charge in [-0.3, -0.25) is 9.59 Å². The van der Waals surface area contributed by atoms with E-state index in [1.54, 1.807) is 17.9 Å². The number of hydrogen-bond acceptors (Lipinski definition) is 3. The maximum absolute atomic E-state index is 13.4. The molecule has 1 saturated heterocycles. The number of rotatable bonds is 2. The fourth-order valence-corrected chi connectivity index (χ4v) is 3.59. The van der Waals surface area contributed by atoms with Crippen LogP contribution in [0, 0.1) is 5.82 Å². The third kappa shape index (κ3) is 3.08. The molecule has 3 atom stereocenters. The quantitative estimate of drug-likeness (QED) is 0.876. The van der Waals surface area contributed by atoms with Crippen molar-refractivity contribution in [3.05, 3.63) is 29.6 Å². The summed E-state index contributed by atoms with van der Waals surface area (Å²) >= 11 is 0. The van der Waals surface area contributed by atoms with E-state index in [1.165, 1.54) is 12.1 Å². The molecule has 2 N–H and O–H groups in total. The van der Waals surface area contributed by atoms with Crippen molar-refractivity contribution in [3.63, 3.8) is 0 Å². The van der Waals surface area contributed by atoms with E-state index in [2.05, 4.69) is 5.32 Å². The van der Waals surface area contributed by atoms with E-state index in [4.69, 9.17) is 0 Å². The summed E-state index contributed by atoms with van der Waals surface area (Å²) in [5.41, 5.74) is 1.01. The number of fused-ring (bicyclic) bond motifs is 1. The molecule has 5 nitrogen and oxygen atoms in total. The lowest BCUT2D eigenvalue weighted by atomic mass is 9.87. The largest absolute Gasteiger partial charge is 0.391 e. The molecule has 2 aliphatic heterocycles. The van der Waals surface area contributed by atoms with Gasteiger partial charge in [-0.2, -0.15) is 0 Å². The third-order valence-electron chi connectivity index (χ3n) is 4.74. The summed E-state index contributed by atoms with van der Waals surface area (Å²) in [6.45, 7) is 2.27. The summed E-state index contributed by atoms with van der Waals surface area (Å²) in [5.74, 6) is -1.50. The first-order chi connectivity index (χ1) is 11.0. The minimum absolute atomic E-state index is 0.0560. The van der Waals surface area contributed by atoms with Crippen molar-refractivity contribution in [2.24, 2.45) is 0 Å². The van der Waals surface area contributed by atoms with Crippen LogP contribution >= 0.6 is 0 Å². The van der Waals surface area contributed by atoms with Crippen LogP contribution in [-0.4, -0.2) is 40.5 Å². The maximum atomic E-state index is 13.4. The zero-order valence-electron chi connectivity index (χ0n) is 13.1. The van der Waals surface area contributed by atoms with Gasteiger partial charge in [-0.05, 0) is 43.9 Å². The van der Waals surface area contributed by atoms with Crippen molar-refractivity contribution in [2.75, 3.05) is 11.9 Å². The number of benzene rings is 1. The Labute approximate surface area is 134 Å². The molecule has 3 rings (SSSR count). The molecule has 2 heterocycles. The number of hydrogen-bond donors (Lipinski definition) is 2. The van der Waals surface area contributed by atoms with Crippen LogP contribution < -0.4 is 5.32 Å². The van der Waals surface area contributed by atoms with Crippen LogP contribution in [0.3, 0.4) is 0 Å². The molecule has 0 spiro atoms. The molecule has 1 aromatic rings. The molecular formula is C17H21FN2O3. The first-order valence-electron chi connectivity index (χ1n) is 8.05. The Bertz CT molecular complexity index is 632. The highest BCUT2D eigenvalue weighted by molar-refractivity contribution is 6.01. The van der Waals surface area contributed by atoms with Crippen LogP contribution in [0.5, 0.6) is 0 Å². The molecule has 0 aliphatic carbocycles. The van der Waals surface area contributed by atoms with Gasteiger partial charge in [0.25, 0.3) is 0 Å². The first-order valence-corrected chi connectivity index (χ1v) is 8.05. The van der Waals surface area contributed by atoms with Crippen molar-refractivity contribution in [1.29, 1.82) is 0 Å². The molecule has 0 aromatic heterocycles. The molecule has 0 bridgehead atoms. The van der Waals surface area contributed by atoms with Gasteiger partial charge in [0, 0.05) is 18.7 Å². The fraction of sp³-hybridized carbons (Fsp3) is 0.529. The lowest BCUT2D eigenvalue weighted by molar-refractivity contribution is -0.141. The van der Waals surface area contributed by atoms with Crippen LogP contribution in [0.15, 0.2) is 18.2 Å². The lowest BCUT2D eigenvalue weighted by Gasteiger charge is -2.40. The molecular weight excluding hydrogens is 299 g/mol. The van der Waals surface area contributed by atoms with Crippen LogP contribution in [0.1, 0.15) is 44.1 Å². The summed E-state index contributed by atoms with van der Waals surface area (Å²) in [6.07, 6.45) is 2.08. The van der Waals surface area contributed by atoms with Crippen molar-refractivity contribution in [3.8, 4) is 0 Å². The van der Waals surface area contributed by atoms with Gasteiger partial charge < -0.3 is 15.3 Å². The Balaban J connectivity index is 1.91. The number of likely N-dealkylation sites (tertiary alicyclic amines) is 1. The highest BCUT2D eigenvalue weighted by atomic mass is 19.1. The molecule has 23 heavy (non-hydrogen) atoms. The van der Waals surface area contributed by atoms with Gasteiger partial charge in [-0.15, -0.1) is 0 Å². The number of carbonyl (C=O) groups is 2. The Kier molecular flexibility index (Phi) is 4.35. The lowest BCUT2D eigenvalue weighted by Crippen LogP contribution is -2.51. The van der Waals surface area contributed by atoms with E-state index < -0.39 is 17.8 Å². The van der Waals surface area contributed by atoms with Crippen molar-refractivity contribution in [1.82, 2.24) is 4.90 Å². The molecule has 0 radical (unpaired) electrons. The summed E-state index contributed by atoms with van der Waals surface area (Å²) in [6, 6.07) is 3.90. The van der Waals surface area contributed by atoms with Crippen LogP contribution in [0.25, 0.3) is 0 Å². The summed E-state index contributed by atoms with van der Waals surface area (Å²) in [4.78, 5) is 26.6. The van der Waals surface area contributed by atoms with E-state index in [9.17, 15) is 19.1 Å². The molecule has 1 fully saturated rings. The fourth-order valence-electron chi connectivity index (χ4n) is 3.59. The second-order valence-corrected chi connectivity index (χ2v) is 6.37.